The molecule has 0 aromatic heterocycles. The van der Waals surface area contributed by atoms with Gasteiger partial charge in [0.25, 0.3) is 0 Å². The first kappa shape index (κ1) is 15.7. The van der Waals surface area contributed by atoms with Crippen molar-refractivity contribution in [2.45, 2.75) is 0 Å². The van der Waals surface area contributed by atoms with Crippen molar-refractivity contribution in [3.8, 4) is 0 Å². The van der Waals surface area contributed by atoms with Gasteiger partial charge in [-0.1, -0.05) is 65.7 Å². The van der Waals surface area contributed by atoms with Crippen molar-refractivity contribution in [1.82, 2.24) is 0 Å². The zero-order valence-electron chi connectivity index (χ0n) is 12.1. The highest BCUT2D eigenvalue weighted by Gasteiger charge is 2.08. The Bertz CT molecular complexity index is 859. The second-order valence-corrected chi connectivity index (χ2v) is 5.81. The summed E-state index contributed by atoms with van der Waals surface area (Å²) in [4.78, 5) is 12.2. The summed E-state index contributed by atoms with van der Waals surface area (Å²) in [6, 6.07) is 19.0. The Kier molecular flexibility index (Phi) is 4.70. The van der Waals surface area contributed by atoms with Crippen molar-refractivity contribution in [3.05, 3.63) is 70.7 Å². The average Bonchev–Trinajstić information content (AvgIpc) is 2.56. The summed E-state index contributed by atoms with van der Waals surface area (Å²) in [5.74, 6) is -0.155. The first-order chi connectivity index (χ1) is 11.1. The molecule has 1 amide bonds. The Balaban J connectivity index is 1.71. The summed E-state index contributed by atoms with van der Waals surface area (Å²) in [6.45, 7) is 0.100. The predicted molar refractivity (Wildman–Crippen MR) is 97.5 cm³/mol. The minimum atomic E-state index is -0.155. The van der Waals surface area contributed by atoms with E-state index < -0.39 is 0 Å². The smallest absolute Gasteiger partial charge is 0.243 e. The van der Waals surface area contributed by atoms with Crippen molar-refractivity contribution < 1.29 is 4.79 Å². The summed E-state index contributed by atoms with van der Waals surface area (Å²) >= 11 is 12.0. The minimum Gasteiger partial charge on any atom is -0.375 e. The van der Waals surface area contributed by atoms with Crippen molar-refractivity contribution in [3.63, 3.8) is 0 Å². The van der Waals surface area contributed by atoms with Crippen LogP contribution in [0.2, 0.25) is 10.0 Å². The number of fused-ring (bicyclic) bond motifs is 1. The fourth-order valence-corrected chi connectivity index (χ4v) is 2.71. The number of nitrogens with one attached hydrogen (secondary N) is 2. The fourth-order valence-electron chi connectivity index (χ4n) is 2.34. The van der Waals surface area contributed by atoms with E-state index in [0.717, 1.165) is 16.5 Å². The number of amides is 1. The molecular weight excluding hydrogens is 331 g/mol. The van der Waals surface area contributed by atoms with E-state index in [2.05, 4.69) is 10.6 Å². The lowest BCUT2D eigenvalue weighted by atomic mass is 10.1. The van der Waals surface area contributed by atoms with Gasteiger partial charge in [0.1, 0.15) is 0 Å². The van der Waals surface area contributed by atoms with Gasteiger partial charge in [-0.2, -0.15) is 0 Å². The largest absolute Gasteiger partial charge is 0.375 e. The molecule has 23 heavy (non-hydrogen) atoms. The molecule has 0 aliphatic carbocycles. The molecular formula is C18H14Cl2N2O. The monoisotopic (exact) mass is 344 g/mol. The van der Waals surface area contributed by atoms with E-state index in [0.29, 0.717) is 15.7 Å². The molecule has 0 aliphatic heterocycles. The number of carbonyl (C=O) groups is 1. The highest BCUT2D eigenvalue weighted by Crippen LogP contribution is 2.29. The van der Waals surface area contributed by atoms with Crippen molar-refractivity contribution in [1.29, 1.82) is 0 Å². The van der Waals surface area contributed by atoms with Gasteiger partial charge >= 0.3 is 0 Å². The molecule has 2 N–H and O–H groups in total. The van der Waals surface area contributed by atoms with Crippen LogP contribution in [0.1, 0.15) is 0 Å². The second kappa shape index (κ2) is 6.90. The zero-order valence-corrected chi connectivity index (χ0v) is 13.7. The van der Waals surface area contributed by atoms with Gasteiger partial charge in [-0.05, 0) is 23.6 Å². The summed E-state index contributed by atoms with van der Waals surface area (Å²) in [6.07, 6.45) is 0. The third kappa shape index (κ3) is 3.58. The first-order valence-electron chi connectivity index (χ1n) is 7.10. The number of halogens is 2. The molecule has 0 spiro atoms. The number of hydrogen-bond acceptors (Lipinski definition) is 2. The van der Waals surface area contributed by atoms with E-state index in [1.54, 1.807) is 18.2 Å². The molecule has 3 aromatic rings. The molecule has 0 aliphatic rings. The number of anilines is 2. The fraction of sp³-hybridized carbons (Fsp3) is 0.0556. The maximum Gasteiger partial charge on any atom is 0.243 e. The van der Waals surface area contributed by atoms with Gasteiger partial charge in [-0.3, -0.25) is 4.79 Å². The number of benzene rings is 3. The van der Waals surface area contributed by atoms with Crippen LogP contribution in [0.3, 0.4) is 0 Å². The number of hydrogen-bond donors (Lipinski definition) is 2. The summed E-state index contributed by atoms with van der Waals surface area (Å²) in [5.41, 5.74) is 1.42. The Hall–Kier alpha value is -2.23. The number of carbonyl (C=O) groups excluding carboxylic acids is 1. The van der Waals surface area contributed by atoms with E-state index >= 15 is 0 Å². The Labute approximate surface area is 144 Å². The van der Waals surface area contributed by atoms with Crippen LogP contribution < -0.4 is 10.6 Å². The van der Waals surface area contributed by atoms with E-state index in [4.69, 9.17) is 23.2 Å². The Morgan fingerprint density at radius 3 is 2.43 bits per heavy atom. The normalized spacial score (nSPS) is 10.5. The molecule has 0 saturated carbocycles. The van der Waals surface area contributed by atoms with Gasteiger partial charge in [0, 0.05) is 11.1 Å². The van der Waals surface area contributed by atoms with Gasteiger partial charge in [-0.15, -0.1) is 0 Å². The summed E-state index contributed by atoms with van der Waals surface area (Å²) in [5, 5.41) is 8.85. The molecule has 0 fully saturated rings. The molecule has 0 bridgehead atoms. The SMILES string of the molecule is O=C(CNc1cccc(Cl)c1Cl)Nc1cccc2ccccc12. The van der Waals surface area contributed by atoms with Gasteiger partial charge in [0.2, 0.25) is 5.91 Å². The van der Waals surface area contributed by atoms with Gasteiger partial charge in [0.05, 0.1) is 22.3 Å². The molecule has 3 nitrogen and oxygen atoms in total. The molecule has 0 heterocycles. The van der Waals surface area contributed by atoms with Crippen molar-refractivity contribution >= 4 is 51.3 Å². The first-order valence-corrected chi connectivity index (χ1v) is 7.86. The summed E-state index contributed by atoms with van der Waals surface area (Å²) in [7, 11) is 0. The zero-order chi connectivity index (χ0) is 16.2. The summed E-state index contributed by atoms with van der Waals surface area (Å²) < 4.78 is 0. The van der Waals surface area contributed by atoms with Crippen molar-refractivity contribution in [2.75, 3.05) is 17.2 Å². The molecule has 116 valence electrons. The maximum atomic E-state index is 12.2. The Morgan fingerprint density at radius 2 is 1.57 bits per heavy atom. The van der Waals surface area contributed by atoms with Crippen LogP contribution in [-0.4, -0.2) is 12.5 Å². The van der Waals surface area contributed by atoms with Crippen molar-refractivity contribution in [2.24, 2.45) is 0 Å². The van der Waals surface area contributed by atoms with Crippen LogP contribution in [-0.2, 0) is 4.79 Å². The van der Waals surface area contributed by atoms with Gasteiger partial charge in [0.15, 0.2) is 0 Å². The van der Waals surface area contributed by atoms with Gasteiger partial charge in [-0.25, -0.2) is 0 Å². The Morgan fingerprint density at radius 1 is 0.870 bits per heavy atom. The van der Waals surface area contributed by atoms with Gasteiger partial charge < -0.3 is 10.6 Å². The van der Waals surface area contributed by atoms with Crippen LogP contribution >= 0.6 is 23.2 Å². The third-order valence-electron chi connectivity index (χ3n) is 3.45. The average molecular weight is 345 g/mol. The molecule has 3 aromatic carbocycles. The highest BCUT2D eigenvalue weighted by molar-refractivity contribution is 6.43. The van der Waals surface area contributed by atoms with Crippen LogP contribution in [0.15, 0.2) is 60.7 Å². The maximum absolute atomic E-state index is 12.2. The topological polar surface area (TPSA) is 41.1 Å². The lowest BCUT2D eigenvalue weighted by Crippen LogP contribution is -2.22. The highest BCUT2D eigenvalue weighted by atomic mass is 35.5. The van der Waals surface area contributed by atoms with E-state index in [-0.39, 0.29) is 12.5 Å². The van der Waals surface area contributed by atoms with Crippen LogP contribution in [0.25, 0.3) is 10.8 Å². The standard InChI is InChI=1S/C18H14Cl2N2O/c19-14-8-4-10-16(18(14)20)21-11-17(23)22-15-9-3-6-12-5-1-2-7-13(12)15/h1-10,21H,11H2,(H,22,23). The molecule has 0 atom stereocenters. The molecule has 5 heteroatoms. The minimum absolute atomic E-state index is 0.100. The molecule has 0 saturated heterocycles. The number of rotatable bonds is 4. The van der Waals surface area contributed by atoms with E-state index in [9.17, 15) is 4.79 Å². The predicted octanol–water partition coefficient (Wildman–Crippen LogP) is 5.20. The third-order valence-corrected chi connectivity index (χ3v) is 4.27. The molecule has 3 rings (SSSR count). The van der Waals surface area contributed by atoms with E-state index in [1.807, 2.05) is 42.5 Å². The van der Waals surface area contributed by atoms with Crippen LogP contribution in [0.5, 0.6) is 0 Å². The molecule has 0 unspecified atom stereocenters. The van der Waals surface area contributed by atoms with E-state index in [1.165, 1.54) is 0 Å². The second-order valence-electron chi connectivity index (χ2n) is 5.03. The lowest BCUT2D eigenvalue weighted by molar-refractivity contribution is -0.114. The molecule has 0 radical (unpaired) electrons. The quantitative estimate of drug-likeness (QED) is 0.683. The lowest BCUT2D eigenvalue weighted by Gasteiger charge is -2.11. The van der Waals surface area contributed by atoms with Crippen LogP contribution in [0.4, 0.5) is 11.4 Å². The van der Waals surface area contributed by atoms with Crippen LogP contribution in [0, 0.1) is 0 Å².